The number of aromatic nitrogens is 1. The predicted octanol–water partition coefficient (Wildman–Crippen LogP) is 2.12. The Labute approximate surface area is 93.2 Å². The van der Waals surface area contributed by atoms with E-state index in [-0.39, 0.29) is 5.56 Å². The molecule has 0 saturated carbocycles. The quantitative estimate of drug-likeness (QED) is 0.869. The highest BCUT2D eigenvalue weighted by Crippen LogP contribution is 2.30. The molecule has 0 saturated heterocycles. The minimum Gasteiger partial charge on any atom is -0.494 e. The molecule has 1 aromatic rings. The predicted molar refractivity (Wildman–Crippen MR) is 54.4 cm³/mol. The largest absolute Gasteiger partial charge is 0.494 e. The summed E-state index contributed by atoms with van der Waals surface area (Å²) in [5.74, 6) is 0.388. The molecule has 0 fully saturated rings. The van der Waals surface area contributed by atoms with Crippen molar-refractivity contribution in [3.8, 4) is 5.75 Å². The van der Waals surface area contributed by atoms with Crippen molar-refractivity contribution in [2.24, 2.45) is 0 Å². The summed E-state index contributed by atoms with van der Waals surface area (Å²) in [7, 11) is 1.42. The van der Waals surface area contributed by atoms with E-state index in [4.69, 9.17) is 9.84 Å². The van der Waals surface area contributed by atoms with Gasteiger partial charge in [-0.05, 0) is 22.6 Å². The molecule has 78 valence electrons. The first-order chi connectivity index (χ1) is 6.61. The summed E-state index contributed by atoms with van der Waals surface area (Å²) < 4.78 is 30.2. The molecule has 0 radical (unpaired) electrons. The lowest BCUT2D eigenvalue weighted by molar-refractivity contribution is 0.141. The summed E-state index contributed by atoms with van der Waals surface area (Å²) in [6.07, 6.45) is -1.46. The van der Waals surface area contributed by atoms with E-state index in [0.29, 0.717) is 9.32 Å². The lowest BCUT2D eigenvalue weighted by Crippen LogP contribution is -2.03. The highest BCUT2D eigenvalue weighted by Gasteiger charge is 2.19. The number of aliphatic hydroxyl groups excluding tert-OH is 1. The smallest absolute Gasteiger partial charge is 0.280 e. The number of nitrogens with zero attached hydrogens (tertiary/aromatic N) is 1. The number of ether oxygens (including phenoxy) is 1. The van der Waals surface area contributed by atoms with Gasteiger partial charge in [-0.3, -0.25) is 4.98 Å². The average molecular weight is 315 g/mol. The first kappa shape index (κ1) is 11.6. The fourth-order valence-corrected chi connectivity index (χ4v) is 1.81. The zero-order valence-corrected chi connectivity index (χ0v) is 9.46. The Kier molecular flexibility index (Phi) is 3.99. The first-order valence-corrected chi connectivity index (χ1v) is 4.80. The lowest BCUT2D eigenvalue weighted by Gasteiger charge is -2.10. The monoisotopic (exact) mass is 315 g/mol. The molecular formula is C8H8F2INO2. The number of hydrogen-bond acceptors (Lipinski definition) is 3. The van der Waals surface area contributed by atoms with Gasteiger partial charge >= 0.3 is 0 Å². The van der Waals surface area contributed by atoms with E-state index in [1.54, 1.807) is 0 Å². The van der Waals surface area contributed by atoms with Gasteiger partial charge in [-0.15, -0.1) is 0 Å². The third-order valence-electron chi connectivity index (χ3n) is 1.70. The van der Waals surface area contributed by atoms with Crippen molar-refractivity contribution in [3.05, 3.63) is 21.0 Å². The van der Waals surface area contributed by atoms with Crippen LogP contribution in [0.5, 0.6) is 5.75 Å². The second-order valence-corrected chi connectivity index (χ2v) is 3.54. The Balaban J connectivity index is 3.28. The van der Waals surface area contributed by atoms with Crippen LogP contribution in [0.2, 0.25) is 0 Å². The zero-order valence-electron chi connectivity index (χ0n) is 7.30. The molecule has 0 spiro atoms. The number of rotatable bonds is 3. The molecule has 0 aliphatic rings. The van der Waals surface area contributed by atoms with Crippen LogP contribution in [-0.2, 0) is 6.61 Å². The molecule has 0 aromatic carbocycles. The van der Waals surface area contributed by atoms with E-state index in [9.17, 15) is 8.78 Å². The normalized spacial score (nSPS) is 10.7. The van der Waals surface area contributed by atoms with Crippen LogP contribution >= 0.6 is 22.6 Å². The van der Waals surface area contributed by atoms with Crippen molar-refractivity contribution in [2.45, 2.75) is 13.0 Å². The molecule has 0 bridgehead atoms. The molecule has 0 amide bonds. The summed E-state index contributed by atoms with van der Waals surface area (Å²) in [5, 5.41) is 8.93. The number of alkyl halides is 2. The standard InChI is InChI=1S/C8H8F2INO2/c1-14-5-2-12-7(8(9)10)4(3-13)6(5)11/h2,8,13H,3H2,1H3. The maximum Gasteiger partial charge on any atom is 0.280 e. The number of halogens is 3. The number of pyridine rings is 1. The van der Waals surface area contributed by atoms with Crippen molar-refractivity contribution in [3.63, 3.8) is 0 Å². The van der Waals surface area contributed by atoms with Crippen molar-refractivity contribution in [1.82, 2.24) is 4.98 Å². The minimum atomic E-state index is -2.68. The molecule has 1 heterocycles. The van der Waals surface area contributed by atoms with Gasteiger partial charge in [-0.25, -0.2) is 8.78 Å². The second-order valence-electron chi connectivity index (χ2n) is 2.46. The summed E-state index contributed by atoms with van der Waals surface area (Å²) in [4.78, 5) is 3.54. The summed E-state index contributed by atoms with van der Waals surface area (Å²) in [5.41, 5.74) is -0.266. The highest BCUT2D eigenvalue weighted by atomic mass is 127. The summed E-state index contributed by atoms with van der Waals surface area (Å²) in [6, 6.07) is 0. The van der Waals surface area contributed by atoms with E-state index >= 15 is 0 Å². The fourth-order valence-electron chi connectivity index (χ4n) is 1.00. The van der Waals surface area contributed by atoms with Crippen LogP contribution in [0.1, 0.15) is 17.7 Å². The molecular weight excluding hydrogens is 307 g/mol. The summed E-state index contributed by atoms with van der Waals surface area (Å²) >= 11 is 1.84. The van der Waals surface area contributed by atoms with E-state index in [1.165, 1.54) is 13.3 Å². The van der Waals surface area contributed by atoms with Gasteiger partial charge in [0.15, 0.2) is 5.75 Å². The van der Waals surface area contributed by atoms with Crippen LogP contribution in [0.3, 0.4) is 0 Å². The van der Waals surface area contributed by atoms with E-state index in [0.717, 1.165) is 0 Å². The van der Waals surface area contributed by atoms with Crippen molar-refractivity contribution < 1.29 is 18.6 Å². The Morgan fingerprint density at radius 3 is 2.71 bits per heavy atom. The van der Waals surface area contributed by atoms with Crippen LogP contribution in [-0.4, -0.2) is 17.2 Å². The third kappa shape index (κ3) is 2.11. The fraction of sp³-hybridized carbons (Fsp3) is 0.375. The molecule has 0 aliphatic heterocycles. The van der Waals surface area contributed by atoms with Crippen LogP contribution in [0, 0.1) is 3.57 Å². The van der Waals surface area contributed by atoms with Gasteiger partial charge in [-0.2, -0.15) is 0 Å². The van der Waals surface area contributed by atoms with Gasteiger partial charge in [0, 0.05) is 5.56 Å². The first-order valence-electron chi connectivity index (χ1n) is 3.72. The van der Waals surface area contributed by atoms with Crippen molar-refractivity contribution in [1.29, 1.82) is 0 Å². The van der Waals surface area contributed by atoms with Crippen LogP contribution in [0.25, 0.3) is 0 Å². The van der Waals surface area contributed by atoms with E-state index in [1.807, 2.05) is 22.6 Å². The van der Waals surface area contributed by atoms with Crippen molar-refractivity contribution >= 4 is 22.6 Å². The zero-order chi connectivity index (χ0) is 10.7. The topological polar surface area (TPSA) is 42.4 Å². The molecule has 6 heteroatoms. The Morgan fingerprint density at radius 1 is 1.64 bits per heavy atom. The van der Waals surface area contributed by atoms with E-state index < -0.39 is 18.7 Å². The van der Waals surface area contributed by atoms with Gasteiger partial charge in [-0.1, -0.05) is 0 Å². The van der Waals surface area contributed by atoms with Crippen LogP contribution in [0.15, 0.2) is 6.20 Å². The SMILES string of the molecule is COc1cnc(C(F)F)c(CO)c1I. The van der Waals surface area contributed by atoms with Gasteiger partial charge in [0.2, 0.25) is 0 Å². The maximum absolute atomic E-state index is 12.4. The molecule has 0 unspecified atom stereocenters. The number of aliphatic hydroxyl groups is 1. The highest BCUT2D eigenvalue weighted by molar-refractivity contribution is 14.1. The van der Waals surface area contributed by atoms with Gasteiger partial charge in [0.25, 0.3) is 6.43 Å². The van der Waals surface area contributed by atoms with Crippen molar-refractivity contribution in [2.75, 3.05) is 7.11 Å². The Morgan fingerprint density at radius 2 is 2.29 bits per heavy atom. The maximum atomic E-state index is 12.4. The molecule has 1 aromatic heterocycles. The second kappa shape index (κ2) is 4.83. The molecule has 3 nitrogen and oxygen atoms in total. The molecule has 1 rings (SSSR count). The molecule has 0 aliphatic carbocycles. The van der Waals surface area contributed by atoms with Crippen LogP contribution in [0.4, 0.5) is 8.78 Å². The Hall–Kier alpha value is -0.500. The van der Waals surface area contributed by atoms with Gasteiger partial charge < -0.3 is 9.84 Å². The Bertz CT molecular complexity index is 333. The van der Waals surface area contributed by atoms with Gasteiger partial charge in [0.1, 0.15) is 5.69 Å². The van der Waals surface area contributed by atoms with E-state index in [2.05, 4.69) is 4.98 Å². The minimum absolute atomic E-state index is 0.125. The number of hydrogen-bond donors (Lipinski definition) is 1. The molecule has 1 N–H and O–H groups in total. The van der Waals surface area contributed by atoms with Gasteiger partial charge in [0.05, 0.1) is 23.5 Å². The van der Waals surface area contributed by atoms with Crippen LogP contribution < -0.4 is 4.74 Å². The average Bonchev–Trinajstić information content (AvgIpc) is 2.17. The molecule has 0 atom stereocenters. The molecule has 14 heavy (non-hydrogen) atoms. The number of methoxy groups -OCH3 is 1. The third-order valence-corrected chi connectivity index (χ3v) is 2.88. The lowest BCUT2D eigenvalue weighted by atomic mass is 10.2. The summed E-state index contributed by atoms with van der Waals surface area (Å²) in [6.45, 7) is -0.470.